The number of nitrogens with one attached hydrogen (secondary N) is 1. The molecule has 0 spiro atoms. The number of nitrogens with zero attached hydrogens (tertiary/aromatic N) is 1. The molecule has 0 heterocycles. The third-order valence-electron chi connectivity index (χ3n) is 3.88. The molecule has 0 aliphatic carbocycles. The van der Waals surface area contributed by atoms with E-state index >= 15 is 0 Å². The molecule has 0 unspecified atom stereocenters. The molecule has 1 N–H and O–H groups in total. The summed E-state index contributed by atoms with van der Waals surface area (Å²) in [6, 6.07) is 14.3. The summed E-state index contributed by atoms with van der Waals surface area (Å²) in [6.45, 7) is 7.22. The maximum Gasteiger partial charge on any atom is 0.238 e. The maximum atomic E-state index is 12.3. The Morgan fingerprint density at radius 3 is 2.33 bits per heavy atom. The van der Waals surface area contributed by atoms with Gasteiger partial charge in [-0.05, 0) is 44.5 Å². The number of carbonyl (C=O) groups is 1. The van der Waals surface area contributed by atoms with Gasteiger partial charge < -0.3 is 5.32 Å². The summed E-state index contributed by atoms with van der Waals surface area (Å²) in [4.78, 5) is 14.3. The van der Waals surface area contributed by atoms with Crippen LogP contribution in [0.2, 0.25) is 0 Å². The Kier molecular flexibility index (Phi) is 6.33. The zero-order valence-electron chi connectivity index (χ0n) is 15.0. The van der Waals surface area contributed by atoms with Crippen molar-refractivity contribution in [2.75, 3.05) is 25.5 Å². The zero-order valence-corrected chi connectivity index (χ0v) is 15.0. The van der Waals surface area contributed by atoms with Crippen molar-refractivity contribution in [3.05, 3.63) is 70.8 Å². The molecule has 0 radical (unpaired) electrons. The monoisotopic (exact) mass is 322 g/mol. The fourth-order valence-electron chi connectivity index (χ4n) is 2.80. The minimum absolute atomic E-state index is 0.0145. The Balaban J connectivity index is 1.87. The summed E-state index contributed by atoms with van der Waals surface area (Å²) in [5.74, 6) is 0.0145. The van der Waals surface area contributed by atoms with Gasteiger partial charge in [-0.2, -0.15) is 0 Å². The van der Waals surface area contributed by atoms with Crippen molar-refractivity contribution in [1.82, 2.24) is 4.90 Å². The Morgan fingerprint density at radius 1 is 1.08 bits per heavy atom. The Hall–Kier alpha value is -2.39. The molecule has 0 atom stereocenters. The molecular formula is C21H26N2O. The first kappa shape index (κ1) is 18.0. The topological polar surface area (TPSA) is 32.3 Å². The van der Waals surface area contributed by atoms with Gasteiger partial charge in [-0.3, -0.25) is 9.69 Å². The van der Waals surface area contributed by atoms with Gasteiger partial charge >= 0.3 is 0 Å². The molecular weight excluding hydrogens is 296 g/mol. The molecule has 0 aliphatic heterocycles. The third kappa shape index (κ3) is 5.36. The van der Waals surface area contributed by atoms with Crippen LogP contribution in [-0.4, -0.2) is 30.9 Å². The van der Waals surface area contributed by atoms with E-state index < -0.39 is 0 Å². The lowest BCUT2D eigenvalue weighted by Crippen LogP contribution is -2.30. The molecule has 0 aromatic heterocycles. The first-order valence-corrected chi connectivity index (χ1v) is 8.23. The van der Waals surface area contributed by atoms with E-state index in [2.05, 4.69) is 48.7 Å². The molecule has 0 saturated carbocycles. The molecule has 2 aromatic carbocycles. The van der Waals surface area contributed by atoms with Crippen LogP contribution in [0.25, 0.3) is 6.08 Å². The fourth-order valence-corrected chi connectivity index (χ4v) is 2.80. The van der Waals surface area contributed by atoms with Crippen molar-refractivity contribution in [3.63, 3.8) is 0 Å². The van der Waals surface area contributed by atoms with Crippen molar-refractivity contribution < 1.29 is 4.79 Å². The molecule has 2 rings (SSSR count). The molecule has 1 amide bonds. The molecule has 0 bridgehead atoms. The van der Waals surface area contributed by atoms with Gasteiger partial charge in [0.05, 0.1) is 6.54 Å². The summed E-state index contributed by atoms with van der Waals surface area (Å²) >= 11 is 0. The lowest BCUT2D eigenvalue weighted by molar-refractivity contribution is -0.116. The van der Waals surface area contributed by atoms with Gasteiger partial charge in [-0.25, -0.2) is 0 Å². The van der Waals surface area contributed by atoms with E-state index in [0.29, 0.717) is 6.54 Å². The highest BCUT2D eigenvalue weighted by Gasteiger charge is 2.10. The van der Waals surface area contributed by atoms with Crippen LogP contribution >= 0.6 is 0 Å². The Labute approximate surface area is 145 Å². The highest BCUT2D eigenvalue weighted by atomic mass is 16.2. The lowest BCUT2D eigenvalue weighted by Gasteiger charge is -2.17. The Morgan fingerprint density at radius 2 is 1.71 bits per heavy atom. The van der Waals surface area contributed by atoms with Gasteiger partial charge in [0.2, 0.25) is 5.91 Å². The van der Waals surface area contributed by atoms with Gasteiger partial charge in [0.15, 0.2) is 0 Å². The molecule has 126 valence electrons. The van der Waals surface area contributed by atoms with Crippen LogP contribution in [0.1, 0.15) is 22.3 Å². The second-order valence-electron chi connectivity index (χ2n) is 6.33. The van der Waals surface area contributed by atoms with E-state index in [4.69, 9.17) is 0 Å². The van der Waals surface area contributed by atoms with Crippen LogP contribution in [0.4, 0.5) is 5.69 Å². The summed E-state index contributed by atoms with van der Waals surface area (Å²) in [5.41, 5.74) is 5.52. The Bertz CT molecular complexity index is 697. The number of carbonyl (C=O) groups excluding carboxylic acids is 1. The number of hydrogen-bond acceptors (Lipinski definition) is 2. The van der Waals surface area contributed by atoms with Crippen molar-refractivity contribution in [3.8, 4) is 0 Å². The number of aryl methyl sites for hydroxylation is 3. The van der Waals surface area contributed by atoms with Crippen LogP contribution in [0.15, 0.2) is 48.5 Å². The number of rotatable bonds is 6. The molecule has 3 heteroatoms. The summed E-state index contributed by atoms with van der Waals surface area (Å²) in [5, 5.41) is 3.04. The van der Waals surface area contributed by atoms with Gasteiger partial charge in [-0.15, -0.1) is 0 Å². The first-order valence-electron chi connectivity index (χ1n) is 8.23. The summed E-state index contributed by atoms with van der Waals surface area (Å²) in [6.07, 6.45) is 4.15. The number of amides is 1. The number of likely N-dealkylation sites (N-methyl/N-ethyl adjacent to an activating group) is 1. The number of anilines is 1. The summed E-state index contributed by atoms with van der Waals surface area (Å²) < 4.78 is 0. The highest BCUT2D eigenvalue weighted by molar-refractivity contribution is 5.93. The van der Waals surface area contributed by atoms with Crippen LogP contribution in [-0.2, 0) is 4.79 Å². The second kappa shape index (κ2) is 8.46. The smallest absolute Gasteiger partial charge is 0.238 e. The van der Waals surface area contributed by atoms with Crippen molar-refractivity contribution in [1.29, 1.82) is 0 Å². The predicted octanol–water partition coefficient (Wildman–Crippen LogP) is 4.20. The van der Waals surface area contributed by atoms with E-state index in [0.717, 1.165) is 23.4 Å². The molecule has 0 saturated heterocycles. The summed E-state index contributed by atoms with van der Waals surface area (Å²) in [7, 11) is 1.95. The zero-order chi connectivity index (χ0) is 17.5. The van der Waals surface area contributed by atoms with Crippen molar-refractivity contribution in [2.45, 2.75) is 20.8 Å². The van der Waals surface area contributed by atoms with E-state index in [-0.39, 0.29) is 5.91 Å². The van der Waals surface area contributed by atoms with E-state index in [1.807, 2.05) is 44.0 Å². The average molecular weight is 322 g/mol. The van der Waals surface area contributed by atoms with E-state index in [9.17, 15) is 4.79 Å². The SMILES string of the molecule is Cc1cc(C)c(NC(=O)CN(C)C/C=C/c2ccccc2)c(C)c1. The van der Waals surface area contributed by atoms with Crippen molar-refractivity contribution >= 4 is 17.7 Å². The fraction of sp³-hybridized carbons (Fsp3) is 0.286. The molecule has 0 aliphatic rings. The molecule has 3 nitrogen and oxygen atoms in total. The number of hydrogen-bond donors (Lipinski definition) is 1. The van der Waals surface area contributed by atoms with Gasteiger partial charge in [0, 0.05) is 12.2 Å². The highest BCUT2D eigenvalue weighted by Crippen LogP contribution is 2.21. The third-order valence-corrected chi connectivity index (χ3v) is 3.88. The van der Waals surface area contributed by atoms with Crippen LogP contribution in [0.3, 0.4) is 0 Å². The minimum atomic E-state index is 0.0145. The van der Waals surface area contributed by atoms with Crippen LogP contribution in [0.5, 0.6) is 0 Å². The second-order valence-corrected chi connectivity index (χ2v) is 6.33. The largest absolute Gasteiger partial charge is 0.324 e. The number of benzene rings is 2. The lowest BCUT2D eigenvalue weighted by atomic mass is 10.1. The van der Waals surface area contributed by atoms with Gasteiger partial charge in [0.1, 0.15) is 0 Å². The van der Waals surface area contributed by atoms with Gasteiger partial charge in [-0.1, -0.05) is 60.2 Å². The minimum Gasteiger partial charge on any atom is -0.324 e. The van der Waals surface area contributed by atoms with E-state index in [1.54, 1.807) is 0 Å². The van der Waals surface area contributed by atoms with Gasteiger partial charge in [0.25, 0.3) is 0 Å². The van der Waals surface area contributed by atoms with Crippen molar-refractivity contribution in [2.24, 2.45) is 0 Å². The molecule has 24 heavy (non-hydrogen) atoms. The van der Waals surface area contributed by atoms with Crippen LogP contribution in [0, 0.1) is 20.8 Å². The predicted molar refractivity (Wildman–Crippen MR) is 102 cm³/mol. The van der Waals surface area contributed by atoms with E-state index in [1.165, 1.54) is 11.1 Å². The standard InChI is InChI=1S/C21H26N2O/c1-16-13-17(2)21(18(3)14-16)22-20(24)15-23(4)12-8-11-19-9-6-5-7-10-19/h5-11,13-14H,12,15H2,1-4H3,(H,22,24)/b11-8+. The quantitative estimate of drug-likeness (QED) is 0.864. The molecule has 0 fully saturated rings. The maximum absolute atomic E-state index is 12.3. The normalized spacial score (nSPS) is 11.2. The van der Waals surface area contributed by atoms with Crippen LogP contribution < -0.4 is 5.32 Å². The molecule has 2 aromatic rings. The average Bonchev–Trinajstić information content (AvgIpc) is 2.52. The first-order chi connectivity index (χ1) is 11.5.